The van der Waals surface area contributed by atoms with Crippen LogP contribution in [-0.4, -0.2) is 53.2 Å². The Kier molecular flexibility index (Phi) is 5.88. The van der Waals surface area contributed by atoms with Crippen LogP contribution in [0, 0.1) is 0 Å². The van der Waals surface area contributed by atoms with Gasteiger partial charge in [0.1, 0.15) is 5.76 Å². The highest BCUT2D eigenvalue weighted by molar-refractivity contribution is 6.21. The zero-order chi connectivity index (χ0) is 22.0. The van der Waals surface area contributed by atoms with Crippen molar-refractivity contribution in [1.82, 2.24) is 9.80 Å². The number of benzene rings is 1. The molecule has 1 saturated carbocycles. The normalized spacial score (nSPS) is 16.4. The third-order valence-corrected chi connectivity index (χ3v) is 5.94. The number of carbonyl (C=O) groups is 4. The van der Waals surface area contributed by atoms with Crippen LogP contribution in [0.2, 0.25) is 0 Å². The molecule has 0 atom stereocenters. The summed E-state index contributed by atoms with van der Waals surface area (Å²) < 4.78 is 10.4. The second kappa shape index (κ2) is 8.75. The lowest BCUT2D eigenvalue weighted by Crippen LogP contribution is -2.40. The molecule has 1 aromatic carbocycles. The Labute approximate surface area is 179 Å². The van der Waals surface area contributed by atoms with E-state index in [4.69, 9.17) is 9.15 Å². The molecule has 0 N–H and O–H groups in total. The molecule has 8 heteroatoms. The molecular formula is C23H24N2O6. The van der Waals surface area contributed by atoms with E-state index in [0.29, 0.717) is 5.76 Å². The minimum Gasteiger partial charge on any atom is -0.467 e. The molecule has 162 valence electrons. The van der Waals surface area contributed by atoms with E-state index < -0.39 is 17.8 Å². The molecule has 31 heavy (non-hydrogen) atoms. The summed E-state index contributed by atoms with van der Waals surface area (Å²) in [6, 6.07) is 7.74. The van der Waals surface area contributed by atoms with E-state index in [1.165, 1.54) is 30.9 Å². The molecule has 2 aliphatic rings. The van der Waals surface area contributed by atoms with Gasteiger partial charge in [0.05, 0.1) is 29.5 Å². The summed E-state index contributed by atoms with van der Waals surface area (Å²) in [6.07, 6.45) is 6.78. The predicted molar refractivity (Wildman–Crippen MR) is 109 cm³/mol. The van der Waals surface area contributed by atoms with Gasteiger partial charge in [-0.2, -0.15) is 0 Å². The summed E-state index contributed by atoms with van der Waals surface area (Å²) in [5.74, 6) is -1.43. The number of carbonyl (C=O) groups excluding carboxylic acids is 4. The first-order valence-corrected chi connectivity index (χ1v) is 10.4. The van der Waals surface area contributed by atoms with Gasteiger partial charge in [-0.15, -0.1) is 0 Å². The van der Waals surface area contributed by atoms with Crippen molar-refractivity contribution in [3.05, 3.63) is 59.0 Å². The summed E-state index contributed by atoms with van der Waals surface area (Å²) in [6.45, 7) is -0.346. The van der Waals surface area contributed by atoms with Crippen LogP contribution in [0.3, 0.4) is 0 Å². The number of nitrogens with zero attached hydrogens (tertiary/aromatic N) is 2. The standard InChI is InChI=1S/C23H24N2O6/c1-24(16-6-3-2-4-7-16)20(26)14-31-23(29)15-9-10-18-19(12-15)22(28)25(21(18)27)13-17-8-5-11-30-17/h5,8-12,16H,2-4,6-7,13-14H2,1H3. The van der Waals surface area contributed by atoms with Crippen molar-refractivity contribution in [1.29, 1.82) is 0 Å². The Bertz CT molecular complexity index is 1010. The van der Waals surface area contributed by atoms with Gasteiger partial charge in [-0.25, -0.2) is 4.79 Å². The summed E-state index contributed by atoms with van der Waals surface area (Å²) in [5.41, 5.74) is 0.478. The van der Waals surface area contributed by atoms with Crippen LogP contribution in [0.25, 0.3) is 0 Å². The number of hydrogen-bond donors (Lipinski definition) is 0. The van der Waals surface area contributed by atoms with Gasteiger partial charge in [0.15, 0.2) is 6.61 Å². The fourth-order valence-electron chi connectivity index (χ4n) is 4.10. The van der Waals surface area contributed by atoms with Crippen molar-refractivity contribution in [2.24, 2.45) is 0 Å². The number of likely N-dealkylation sites (N-methyl/N-ethyl adjacent to an activating group) is 1. The van der Waals surface area contributed by atoms with E-state index in [0.717, 1.165) is 30.6 Å². The Morgan fingerprint density at radius 2 is 1.84 bits per heavy atom. The van der Waals surface area contributed by atoms with Crippen molar-refractivity contribution in [2.75, 3.05) is 13.7 Å². The van der Waals surface area contributed by atoms with Crippen molar-refractivity contribution in [2.45, 2.75) is 44.7 Å². The molecule has 0 radical (unpaired) electrons. The van der Waals surface area contributed by atoms with Gasteiger partial charge in [0.25, 0.3) is 17.7 Å². The number of fused-ring (bicyclic) bond motifs is 1. The zero-order valence-electron chi connectivity index (χ0n) is 17.3. The Morgan fingerprint density at radius 3 is 2.55 bits per heavy atom. The first kappa shape index (κ1) is 20.8. The number of hydrogen-bond acceptors (Lipinski definition) is 6. The van der Waals surface area contributed by atoms with Crippen LogP contribution in [0.4, 0.5) is 0 Å². The number of esters is 1. The molecule has 8 nitrogen and oxygen atoms in total. The molecule has 0 unspecified atom stereocenters. The smallest absolute Gasteiger partial charge is 0.338 e. The summed E-state index contributed by atoms with van der Waals surface area (Å²) in [5, 5.41) is 0. The molecule has 0 spiro atoms. The van der Waals surface area contributed by atoms with Crippen molar-refractivity contribution < 1.29 is 28.3 Å². The number of furan rings is 1. The van der Waals surface area contributed by atoms with Gasteiger partial charge in [-0.05, 0) is 43.2 Å². The maximum absolute atomic E-state index is 12.7. The number of imide groups is 1. The molecule has 3 amide bonds. The molecule has 1 aromatic heterocycles. The monoisotopic (exact) mass is 424 g/mol. The first-order valence-electron chi connectivity index (χ1n) is 10.4. The Morgan fingerprint density at radius 1 is 1.10 bits per heavy atom. The van der Waals surface area contributed by atoms with Crippen molar-refractivity contribution in [3.8, 4) is 0 Å². The largest absolute Gasteiger partial charge is 0.467 e. The molecule has 1 fully saturated rings. The third-order valence-electron chi connectivity index (χ3n) is 5.94. The molecule has 0 saturated heterocycles. The maximum atomic E-state index is 12.7. The van der Waals surface area contributed by atoms with E-state index in [9.17, 15) is 19.2 Å². The van der Waals surface area contributed by atoms with Gasteiger partial charge in [0.2, 0.25) is 0 Å². The van der Waals surface area contributed by atoms with Gasteiger partial charge >= 0.3 is 5.97 Å². The lowest BCUT2D eigenvalue weighted by Gasteiger charge is -2.31. The Hall–Kier alpha value is -3.42. The summed E-state index contributed by atoms with van der Waals surface area (Å²) in [4.78, 5) is 52.8. The highest BCUT2D eigenvalue weighted by atomic mass is 16.5. The Balaban J connectivity index is 1.39. The second-order valence-corrected chi connectivity index (χ2v) is 7.91. The number of ether oxygens (including phenoxy) is 1. The van der Waals surface area contributed by atoms with Crippen LogP contribution in [-0.2, 0) is 16.1 Å². The average molecular weight is 424 g/mol. The highest BCUT2D eigenvalue weighted by Gasteiger charge is 2.36. The fourth-order valence-corrected chi connectivity index (χ4v) is 4.10. The molecule has 1 aliphatic heterocycles. The van der Waals surface area contributed by atoms with Crippen LogP contribution >= 0.6 is 0 Å². The summed E-state index contributed by atoms with van der Waals surface area (Å²) in [7, 11) is 1.74. The van der Waals surface area contributed by atoms with E-state index in [2.05, 4.69) is 0 Å². The zero-order valence-corrected chi connectivity index (χ0v) is 17.3. The van der Waals surface area contributed by atoms with E-state index in [1.54, 1.807) is 24.1 Å². The van der Waals surface area contributed by atoms with Gasteiger partial charge in [-0.1, -0.05) is 19.3 Å². The van der Waals surface area contributed by atoms with E-state index >= 15 is 0 Å². The maximum Gasteiger partial charge on any atom is 0.338 e. The van der Waals surface area contributed by atoms with Crippen molar-refractivity contribution >= 4 is 23.7 Å². The average Bonchev–Trinajstić information content (AvgIpc) is 3.40. The first-order chi connectivity index (χ1) is 15.0. The van der Waals surface area contributed by atoms with Gasteiger partial charge in [0, 0.05) is 13.1 Å². The quantitative estimate of drug-likeness (QED) is 0.522. The van der Waals surface area contributed by atoms with Crippen molar-refractivity contribution in [3.63, 3.8) is 0 Å². The minimum atomic E-state index is -0.710. The minimum absolute atomic E-state index is 0.0150. The lowest BCUT2D eigenvalue weighted by molar-refractivity contribution is -0.135. The molecule has 1 aliphatic carbocycles. The molecular weight excluding hydrogens is 400 g/mol. The van der Waals surface area contributed by atoms with Crippen LogP contribution in [0.5, 0.6) is 0 Å². The van der Waals surface area contributed by atoms with Gasteiger partial charge < -0.3 is 14.1 Å². The topological polar surface area (TPSA) is 97.1 Å². The molecule has 4 rings (SSSR count). The van der Waals surface area contributed by atoms with Gasteiger partial charge in [-0.3, -0.25) is 19.3 Å². The van der Waals surface area contributed by atoms with Crippen LogP contribution in [0.1, 0.15) is 68.9 Å². The third kappa shape index (κ3) is 4.23. The summed E-state index contributed by atoms with van der Waals surface area (Å²) >= 11 is 0. The molecule has 2 heterocycles. The van der Waals surface area contributed by atoms with E-state index in [-0.39, 0.29) is 41.8 Å². The number of rotatable bonds is 6. The van der Waals surface area contributed by atoms with E-state index in [1.807, 2.05) is 0 Å². The molecule has 0 bridgehead atoms. The predicted octanol–water partition coefficient (Wildman–Crippen LogP) is 3.02. The lowest BCUT2D eigenvalue weighted by atomic mass is 9.94. The number of amides is 3. The van der Waals surface area contributed by atoms with Crippen LogP contribution < -0.4 is 0 Å². The molecule has 2 aromatic rings. The highest BCUT2D eigenvalue weighted by Crippen LogP contribution is 2.26. The van der Waals surface area contributed by atoms with Crippen LogP contribution in [0.15, 0.2) is 41.0 Å². The second-order valence-electron chi connectivity index (χ2n) is 7.91. The SMILES string of the molecule is CN(C(=O)COC(=O)c1ccc2c(c1)C(=O)N(Cc1ccco1)C2=O)C1CCCCC1. The fraction of sp³-hybridized carbons (Fsp3) is 0.391.